The monoisotopic (exact) mass is 370 g/mol. The van der Waals surface area contributed by atoms with E-state index in [9.17, 15) is 14.3 Å². The standard InChI is InChI=1S/C20H23FN4O2/c1-13-10-22-25(11-13)20(19(26)27)5-7-24(8-6-20)12-18-14(2)16-9-15(21)3-4-17(16)23-18/h3-4,9-11,23H,5-8,12H2,1-2H3,(H,26,27). The fourth-order valence-corrected chi connectivity index (χ4v) is 4.01. The summed E-state index contributed by atoms with van der Waals surface area (Å²) in [5.74, 6) is -1.07. The maximum Gasteiger partial charge on any atom is 0.331 e. The van der Waals surface area contributed by atoms with Crippen molar-refractivity contribution < 1.29 is 14.3 Å². The Hall–Kier alpha value is -2.67. The van der Waals surface area contributed by atoms with Crippen molar-refractivity contribution in [3.05, 3.63) is 53.2 Å². The Bertz CT molecular complexity index is 999. The number of aromatic nitrogens is 3. The van der Waals surface area contributed by atoms with E-state index in [0.29, 0.717) is 32.5 Å². The third-order valence-corrected chi connectivity index (χ3v) is 5.74. The molecule has 0 saturated carbocycles. The van der Waals surface area contributed by atoms with Crippen LogP contribution in [-0.4, -0.2) is 43.8 Å². The molecule has 1 fully saturated rings. The molecule has 1 aliphatic heterocycles. The highest BCUT2D eigenvalue weighted by Gasteiger charge is 2.44. The molecular formula is C20H23FN4O2. The number of aryl methyl sites for hydroxylation is 2. The Labute approximate surface area is 156 Å². The molecule has 2 aromatic heterocycles. The van der Waals surface area contributed by atoms with E-state index in [2.05, 4.69) is 15.0 Å². The summed E-state index contributed by atoms with van der Waals surface area (Å²) in [5, 5.41) is 15.0. The number of aromatic amines is 1. The van der Waals surface area contributed by atoms with Crippen molar-refractivity contribution in [1.29, 1.82) is 0 Å². The second-order valence-electron chi connectivity index (χ2n) is 7.49. The van der Waals surface area contributed by atoms with Crippen LogP contribution in [-0.2, 0) is 16.9 Å². The van der Waals surface area contributed by atoms with Crippen LogP contribution in [0.25, 0.3) is 10.9 Å². The van der Waals surface area contributed by atoms with Gasteiger partial charge in [-0.25, -0.2) is 9.18 Å². The largest absolute Gasteiger partial charge is 0.479 e. The summed E-state index contributed by atoms with van der Waals surface area (Å²) >= 11 is 0. The molecular weight excluding hydrogens is 347 g/mol. The Morgan fingerprint density at radius 3 is 2.70 bits per heavy atom. The molecule has 7 heteroatoms. The van der Waals surface area contributed by atoms with Gasteiger partial charge in [0.25, 0.3) is 0 Å². The minimum Gasteiger partial charge on any atom is -0.479 e. The first kappa shape index (κ1) is 17.7. The van der Waals surface area contributed by atoms with Crippen molar-refractivity contribution >= 4 is 16.9 Å². The predicted molar refractivity (Wildman–Crippen MR) is 100 cm³/mol. The Morgan fingerprint density at radius 2 is 2.07 bits per heavy atom. The predicted octanol–water partition coefficient (Wildman–Crippen LogP) is 3.20. The number of nitrogens with zero attached hydrogens (tertiary/aromatic N) is 3. The molecule has 6 nitrogen and oxygen atoms in total. The number of H-pyrrole nitrogens is 1. The number of likely N-dealkylation sites (tertiary alicyclic amines) is 1. The van der Waals surface area contributed by atoms with Crippen LogP contribution in [0.1, 0.15) is 29.7 Å². The van der Waals surface area contributed by atoms with Crippen molar-refractivity contribution in [1.82, 2.24) is 19.7 Å². The van der Waals surface area contributed by atoms with Crippen LogP contribution in [0.2, 0.25) is 0 Å². The SMILES string of the molecule is Cc1cnn(C2(C(=O)O)CCN(Cc3[nH]c4ccc(F)cc4c3C)CC2)c1. The van der Waals surface area contributed by atoms with E-state index in [-0.39, 0.29) is 5.82 Å². The molecule has 0 atom stereocenters. The van der Waals surface area contributed by atoms with Gasteiger partial charge in [0, 0.05) is 42.4 Å². The van der Waals surface area contributed by atoms with Crippen LogP contribution in [0.4, 0.5) is 4.39 Å². The lowest BCUT2D eigenvalue weighted by Gasteiger charge is -2.38. The van der Waals surface area contributed by atoms with Gasteiger partial charge in [0.2, 0.25) is 0 Å². The number of carboxylic acids is 1. The fraction of sp³-hybridized carbons (Fsp3) is 0.400. The average Bonchev–Trinajstić information content (AvgIpc) is 3.20. The molecule has 0 radical (unpaired) electrons. The summed E-state index contributed by atoms with van der Waals surface area (Å²) in [6, 6.07) is 4.76. The second kappa shape index (κ2) is 6.49. The number of hydrogen-bond acceptors (Lipinski definition) is 3. The van der Waals surface area contributed by atoms with Crippen molar-refractivity contribution in [3.63, 3.8) is 0 Å². The number of piperidine rings is 1. The van der Waals surface area contributed by atoms with Gasteiger partial charge in [0.15, 0.2) is 5.54 Å². The Kier molecular flexibility index (Phi) is 4.26. The van der Waals surface area contributed by atoms with Crippen LogP contribution >= 0.6 is 0 Å². The first-order chi connectivity index (χ1) is 12.9. The molecule has 0 unspecified atom stereocenters. The molecule has 0 bridgehead atoms. The Balaban J connectivity index is 1.52. The van der Waals surface area contributed by atoms with Crippen LogP contribution in [0.15, 0.2) is 30.6 Å². The zero-order chi connectivity index (χ0) is 19.2. The van der Waals surface area contributed by atoms with Crippen LogP contribution in [0.5, 0.6) is 0 Å². The van der Waals surface area contributed by atoms with Crippen LogP contribution in [0.3, 0.4) is 0 Å². The molecule has 1 aliphatic rings. The van der Waals surface area contributed by atoms with Crippen molar-refractivity contribution in [3.8, 4) is 0 Å². The van der Waals surface area contributed by atoms with Gasteiger partial charge in [-0.1, -0.05) is 0 Å². The van der Waals surface area contributed by atoms with Gasteiger partial charge in [-0.15, -0.1) is 0 Å². The molecule has 1 saturated heterocycles. The third kappa shape index (κ3) is 3.02. The Morgan fingerprint density at radius 1 is 1.33 bits per heavy atom. The van der Waals surface area contributed by atoms with Gasteiger partial charge >= 0.3 is 5.97 Å². The highest BCUT2D eigenvalue weighted by atomic mass is 19.1. The van der Waals surface area contributed by atoms with E-state index in [1.54, 1.807) is 29.2 Å². The maximum atomic E-state index is 13.5. The number of aliphatic carboxylic acids is 1. The lowest BCUT2D eigenvalue weighted by atomic mass is 9.87. The minimum atomic E-state index is -0.983. The second-order valence-corrected chi connectivity index (χ2v) is 7.49. The molecule has 3 aromatic rings. The molecule has 2 N–H and O–H groups in total. The summed E-state index contributed by atoms with van der Waals surface area (Å²) < 4.78 is 15.1. The molecule has 0 aliphatic carbocycles. The highest BCUT2D eigenvalue weighted by Crippen LogP contribution is 2.32. The van der Waals surface area contributed by atoms with E-state index in [1.165, 1.54) is 6.07 Å². The van der Waals surface area contributed by atoms with Gasteiger partial charge in [-0.05, 0) is 56.0 Å². The average molecular weight is 370 g/mol. The summed E-state index contributed by atoms with van der Waals surface area (Å²) in [6.45, 7) is 5.92. The maximum absolute atomic E-state index is 13.5. The summed E-state index contributed by atoms with van der Waals surface area (Å²) in [5.41, 5.74) is 2.99. The summed E-state index contributed by atoms with van der Waals surface area (Å²) in [4.78, 5) is 17.6. The van der Waals surface area contributed by atoms with Gasteiger partial charge < -0.3 is 10.1 Å². The highest BCUT2D eigenvalue weighted by molar-refractivity contribution is 5.84. The van der Waals surface area contributed by atoms with E-state index >= 15 is 0 Å². The zero-order valence-corrected chi connectivity index (χ0v) is 15.5. The first-order valence-corrected chi connectivity index (χ1v) is 9.13. The molecule has 4 rings (SSSR count). The quantitative estimate of drug-likeness (QED) is 0.740. The topological polar surface area (TPSA) is 74.2 Å². The number of halogens is 1. The lowest BCUT2D eigenvalue weighted by Crippen LogP contribution is -2.51. The van der Waals surface area contributed by atoms with E-state index in [4.69, 9.17) is 0 Å². The molecule has 1 aromatic carbocycles. The number of carbonyl (C=O) groups is 1. The smallest absolute Gasteiger partial charge is 0.331 e. The number of carboxylic acid groups (broad SMARTS) is 1. The molecule has 0 amide bonds. The zero-order valence-electron chi connectivity index (χ0n) is 15.5. The summed E-state index contributed by atoms with van der Waals surface area (Å²) in [7, 11) is 0. The molecule has 27 heavy (non-hydrogen) atoms. The number of hydrogen-bond donors (Lipinski definition) is 2. The van der Waals surface area contributed by atoms with Gasteiger partial charge in [0.1, 0.15) is 5.82 Å². The van der Waals surface area contributed by atoms with Gasteiger partial charge in [-0.2, -0.15) is 5.10 Å². The van der Waals surface area contributed by atoms with Crippen LogP contribution in [0, 0.1) is 19.7 Å². The molecule has 142 valence electrons. The summed E-state index contributed by atoms with van der Waals surface area (Å²) in [6.07, 6.45) is 4.50. The van der Waals surface area contributed by atoms with E-state index < -0.39 is 11.5 Å². The molecule has 3 heterocycles. The van der Waals surface area contributed by atoms with Crippen molar-refractivity contribution in [2.45, 2.75) is 38.8 Å². The van der Waals surface area contributed by atoms with E-state index in [0.717, 1.165) is 27.7 Å². The third-order valence-electron chi connectivity index (χ3n) is 5.74. The number of fused-ring (bicyclic) bond motifs is 1. The van der Waals surface area contributed by atoms with Gasteiger partial charge in [-0.3, -0.25) is 9.58 Å². The number of nitrogens with one attached hydrogen (secondary N) is 1. The van der Waals surface area contributed by atoms with Crippen molar-refractivity contribution in [2.75, 3.05) is 13.1 Å². The van der Waals surface area contributed by atoms with Crippen molar-refractivity contribution in [2.24, 2.45) is 0 Å². The fourth-order valence-electron chi connectivity index (χ4n) is 4.01. The number of rotatable bonds is 4. The van der Waals surface area contributed by atoms with E-state index in [1.807, 2.05) is 13.8 Å². The first-order valence-electron chi connectivity index (χ1n) is 9.13. The van der Waals surface area contributed by atoms with Crippen LogP contribution < -0.4 is 0 Å². The lowest BCUT2D eigenvalue weighted by molar-refractivity contribution is -0.151. The molecule has 0 spiro atoms. The normalized spacial score (nSPS) is 17.4. The number of benzene rings is 1. The minimum absolute atomic E-state index is 0.241. The van der Waals surface area contributed by atoms with Gasteiger partial charge in [0.05, 0.1) is 6.20 Å².